The predicted octanol–water partition coefficient (Wildman–Crippen LogP) is 1.25. The molecule has 110 valence electrons. The molecule has 20 heavy (non-hydrogen) atoms. The Labute approximate surface area is 118 Å². The molecule has 0 saturated heterocycles. The van der Waals surface area contributed by atoms with Crippen LogP contribution in [0, 0.1) is 0 Å². The first kappa shape index (κ1) is 16.2. The van der Waals surface area contributed by atoms with Crippen molar-refractivity contribution < 1.29 is 17.9 Å². The zero-order valence-corrected chi connectivity index (χ0v) is 12.5. The van der Waals surface area contributed by atoms with Crippen LogP contribution in [0.2, 0.25) is 0 Å². The van der Waals surface area contributed by atoms with Crippen molar-refractivity contribution in [2.75, 3.05) is 26.4 Å². The molecule has 1 rings (SSSR count). The molecular formula is C13H18N2O4S. The van der Waals surface area contributed by atoms with E-state index in [1.165, 1.54) is 32.4 Å². The third kappa shape index (κ3) is 3.37. The van der Waals surface area contributed by atoms with Gasteiger partial charge in [-0.05, 0) is 25.1 Å². The number of ether oxygens (including phenoxy) is 1. The number of methoxy groups -OCH3 is 1. The minimum atomic E-state index is -3.82. The Balaban J connectivity index is 3.38. The number of sulfonamides is 1. The highest BCUT2D eigenvalue weighted by molar-refractivity contribution is 7.89. The molecule has 0 aliphatic carbocycles. The van der Waals surface area contributed by atoms with E-state index in [4.69, 9.17) is 5.73 Å². The van der Waals surface area contributed by atoms with Crippen molar-refractivity contribution in [2.24, 2.45) is 0 Å². The van der Waals surface area contributed by atoms with Gasteiger partial charge in [0.2, 0.25) is 10.0 Å². The number of likely N-dealkylation sites (N-methyl/N-ethyl adjacent to an activating group) is 1. The molecule has 0 aromatic heterocycles. The molecule has 0 radical (unpaired) electrons. The fraction of sp³-hybridized carbons (Fsp3) is 0.308. The van der Waals surface area contributed by atoms with Crippen molar-refractivity contribution in [2.45, 2.75) is 11.8 Å². The van der Waals surface area contributed by atoms with E-state index in [0.717, 1.165) is 4.31 Å². The molecule has 7 heteroatoms. The number of carbonyl (C=O) groups is 1. The van der Waals surface area contributed by atoms with E-state index in [0.29, 0.717) is 5.57 Å². The lowest BCUT2D eigenvalue weighted by molar-refractivity contribution is 0.0596. The molecule has 0 bridgehead atoms. The smallest absolute Gasteiger partial charge is 0.339 e. The summed E-state index contributed by atoms with van der Waals surface area (Å²) < 4.78 is 30.6. The summed E-state index contributed by atoms with van der Waals surface area (Å²) in [6.07, 6.45) is 0. The average Bonchev–Trinajstić information content (AvgIpc) is 2.36. The number of anilines is 1. The summed E-state index contributed by atoms with van der Waals surface area (Å²) >= 11 is 0. The van der Waals surface area contributed by atoms with Gasteiger partial charge in [-0.25, -0.2) is 13.2 Å². The highest BCUT2D eigenvalue weighted by Crippen LogP contribution is 2.23. The van der Waals surface area contributed by atoms with Crippen LogP contribution < -0.4 is 5.73 Å². The van der Waals surface area contributed by atoms with Crippen LogP contribution in [0.5, 0.6) is 0 Å². The average molecular weight is 298 g/mol. The zero-order chi connectivity index (χ0) is 15.5. The molecule has 0 aliphatic heterocycles. The summed E-state index contributed by atoms with van der Waals surface area (Å²) in [4.78, 5) is 11.6. The minimum absolute atomic E-state index is 0.0823. The fourth-order valence-electron chi connectivity index (χ4n) is 1.67. The lowest BCUT2D eigenvalue weighted by atomic mass is 10.2. The summed E-state index contributed by atoms with van der Waals surface area (Å²) in [6, 6.07) is 4.01. The van der Waals surface area contributed by atoms with E-state index in [2.05, 4.69) is 11.3 Å². The van der Waals surface area contributed by atoms with Crippen LogP contribution in [0.4, 0.5) is 5.69 Å². The van der Waals surface area contributed by atoms with Crippen LogP contribution in [0.25, 0.3) is 0 Å². The van der Waals surface area contributed by atoms with Gasteiger partial charge in [0.05, 0.1) is 17.6 Å². The molecule has 1 aromatic rings. The molecule has 0 spiro atoms. The topological polar surface area (TPSA) is 89.7 Å². The van der Waals surface area contributed by atoms with Crippen LogP contribution in [0.1, 0.15) is 17.3 Å². The number of carbonyl (C=O) groups excluding carboxylic acids is 1. The summed E-state index contributed by atoms with van der Waals surface area (Å²) in [5, 5.41) is 0. The first-order chi connectivity index (χ1) is 9.20. The van der Waals surface area contributed by atoms with E-state index in [1.807, 2.05) is 0 Å². The lowest BCUT2D eigenvalue weighted by Gasteiger charge is -2.19. The van der Waals surface area contributed by atoms with Crippen LogP contribution in [-0.4, -0.2) is 39.4 Å². The van der Waals surface area contributed by atoms with Crippen LogP contribution in [0.15, 0.2) is 35.2 Å². The molecule has 2 N–H and O–H groups in total. The second-order valence-corrected chi connectivity index (χ2v) is 6.48. The van der Waals surface area contributed by atoms with Gasteiger partial charge in [0.15, 0.2) is 0 Å². The second-order valence-electron chi connectivity index (χ2n) is 4.47. The SMILES string of the molecule is C=C(C)CN(C)S(=O)(=O)c1ccc(N)cc1C(=O)OC. The Kier molecular flexibility index (Phi) is 4.91. The predicted molar refractivity (Wildman–Crippen MR) is 76.8 cm³/mol. The molecule has 0 unspecified atom stereocenters. The van der Waals surface area contributed by atoms with E-state index in [9.17, 15) is 13.2 Å². The second kappa shape index (κ2) is 6.06. The Morgan fingerprint density at radius 3 is 2.55 bits per heavy atom. The number of esters is 1. The van der Waals surface area contributed by atoms with Gasteiger partial charge in [0.1, 0.15) is 0 Å². The van der Waals surface area contributed by atoms with E-state index in [-0.39, 0.29) is 22.7 Å². The van der Waals surface area contributed by atoms with Crippen LogP contribution in [-0.2, 0) is 14.8 Å². The number of rotatable bonds is 5. The molecule has 6 nitrogen and oxygen atoms in total. The van der Waals surface area contributed by atoms with Gasteiger partial charge in [0.25, 0.3) is 0 Å². The van der Waals surface area contributed by atoms with Gasteiger partial charge in [-0.15, -0.1) is 0 Å². The maximum atomic E-state index is 12.5. The first-order valence-corrected chi connectivity index (χ1v) is 7.22. The third-order valence-corrected chi connectivity index (χ3v) is 4.45. The monoisotopic (exact) mass is 298 g/mol. The van der Waals surface area contributed by atoms with Crippen molar-refractivity contribution in [1.29, 1.82) is 0 Å². The van der Waals surface area contributed by atoms with E-state index < -0.39 is 16.0 Å². The Bertz CT molecular complexity index is 638. The van der Waals surface area contributed by atoms with Gasteiger partial charge in [0, 0.05) is 19.3 Å². The number of nitrogen functional groups attached to an aromatic ring is 1. The van der Waals surface area contributed by atoms with Crippen LogP contribution in [0.3, 0.4) is 0 Å². The van der Waals surface area contributed by atoms with Crippen LogP contribution >= 0.6 is 0 Å². The summed E-state index contributed by atoms with van der Waals surface area (Å²) in [5.74, 6) is -0.750. The number of hydrogen-bond acceptors (Lipinski definition) is 5. The molecule has 0 saturated carbocycles. The van der Waals surface area contributed by atoms with Crippen molar-refractivity contribution in [3.8, 4) is 0 Å². The van der Waals surface area contributed by atoms with E-state index in [1.54, 1.807) is 6.92 Å². The van der Waals surface area contributed by atoms with Gasteiger partial charge in [-0.1, -0.05) is 12.2 Å². The molecule has 0 heterocycles. The fourth-order valence-corrected chi connectivity index (χ4v) is 3.06. The van der Waals surface area contributed by atoms with Gasteiger partial charge < -0.3 is 10.5 Å². The Hall–Kier alpha value is -1.86. The maximum Gasteiger partial charge on any atom is 0.339 e. The molecule has 0 fully saturated rings. The Morgan fingerprint density at radius 2 is 2.05 bits per heavy atom. The van der Waals surface area contributed by atoms with Crippen molar-refractivity contribution in [3.05, 3.63) is 35.9 Å². The number of nitrogens with two attached hydrogens (primary N) is 1. The van der Waals surface area contributed by atoms with Crippen molar-refractivity contribution in [1.82, 2.24) is 4.31 Å². The van der Waals surface area contributed by atoms with Gasteiger partial charge in [-0.2, -0.15) is 4.31 Å². The molecule has 1 aromatic carbocycles. The lowest BCUT2D eigenvalue weighted by Crippen LogP contribution is -2.29. The first-order valence-electron chi connectivity index (χ1n) is 5.78. The standard InChI is InChI=1S/C13H18N2O4S/c1-9(2)8-15(3)20(17,18)12-6-5-10(14)7-11(12)13(16)19-4/h5-7H,1,8,14H2,2-4H3. The van der Waals surface area contributed by atoms with E-state index >= 15 is 0 Å². The normalized spacial score (nSPS) is 11.4. The quantitative estimate of drug-likeness (QED) is 0.502. The molecule has 0 atom stereocenters. The molecule has 0 aliphatic rings. The Morgan fingerprint density at radius 1 is 1.45 bits per heavy atom. The highest BCUT2D eigenvalue weighted by atomic mass is 32.2. The summed E-state index contributed by atoms with van der Waals surface area (Å²) in [7, 11) is -1.22. The summed E-state index contributed by atoms with van der Waals surface area (Å²) in [5.41, 5.74) is 6.48. The largest absolute Gasteiger partial charge is 0.465 e. The highest BCUT2D eigenvalue weighted by Gasteiger charge is 2.27. The van der Waals surface area contributed by atoms with Crippen molar-refractivity contribution in [3.63, 3.8) is 0 Å². The molecule has 0 amide bonds. The third-order valence-electron chi connectivity index (χ3n) is 2.59. The number of hydrogen-bond donors (Lipinski definition) is 1. The van der Waals surface area contributed by atoms with Gasteiger partial charge >= 0.3 is 5.97 Å². The van der Waals surface area contributed by atoms with Crippen molar-refractivity contribution >= 4 is 21.7 Å². The molecular weight excluding hydrogens is 280 g/mol. The van der Waals surface area contributed by atoms with Gasteiger partial charge in [-0.3, -0.25) is 0 Å². The number of benzene rings is 1. The number of nitrogens with zero attached hydrogens (tertiary/aromatic N) is 1. The summed E-state index contributed by atoms with van der Waals surface area (Å²) in [6.45, 7) is 5.55. The minimum Gasteiger partial charge on any atom is -0.465 e. The maximum absolute atomic E-state index is 12.5. The zero-order valence-electron chi connectivity index (χ0n) is 11.7.